The maximum atomic E-state index is 12.4. The molecule has 0 fully saturated rings. The molecule has 0 aliphatic carbocycles. The van der Waals surface area contributed by atoms with Crippen molar-refractivity contribution in [2.75, 3.05) is 7.05 Å². The number of hydrogen-bond donors (Lipinski definition) is 3. The van der Waals surface area contributed by atoms with Crippen LogP contribution < -0.4 is 16.6 Å². The fourth-order valence-corrected chi connectivity index (χ4v) is 2.90. The first-order chi connectivity index (χ1) is 13.8. The van der Waals surface area contributed by atoms with Gasteiger partial charge in [-0.15, -0.1) is 0 Å². The molecule has 2 aromatic heterocycles. The van der Waals surface area contributed by atoms with Crippen molar-refractivity contribution in [3.8, 4) is 0 Å². The molecule has 0 aliphatic heterocycles. The summed E-state index contributed by atoms with van der Waals surface area (Å²) in [6.07, 6.45) is 1.70. The Hall–Kier alpha value is -3.52. The van der Waals surface area contributed by atoms with Gasteiger partial charge in [-0.2, -0.15) is 0 Å². The average molecular weight is 393 g/mol. The van der Waals surface area contributed by atoms with Gasteiger partial charge in [-0.25, -0.2) is 0 Å². The number of primary amides is 1. The topological polar surface area (TPSA) is 121 Å². The molecule has 0 spiro atoms. The average Bonchev–Trinajstić information content (AvgIpc) is 2.71. The summed E-state index contributed by atoms with van der Waals surface area (Å²) < 4.78 is 0. The van der Waals surface area contributed by atoms with Crippen LogP contribution in [0.25, 0.3) is 10.9 Å². The summed E-state index contributed by atoms with van der Waals surface area (Å²) in [5.74, 6) is -0.918. The van der Waals surface area contributed by atoms with Crippen LogP contribution in [0.15, 0.2) is 53.5 Å². The number of aromatic amines is 1. The summed E-state index contributed by atoms with van der Waals surface area (Å²) in [5.41, 5.74) is 7.12. The lowest BCUT2D eigenvalue weighted by Crippen LogP contribution is -2.40. The normalized spacial score (nSPS) is 12.1. The molecule has 0 aliphatic rings. The number of H-pyrrole nitrogens is 1. The van der Waals surface area contributed by atoms with Crippen LogP contribution in [0.2, 0.25) is 0 Å². The van der Waals surface area contributed by atoms with Crippen LogP contribution in [0.3, 0.4) is 0 Å². The van der Waals surface area contributed by atoms with E-state index >= 15 is 0 Å². The minimum atomic E-state index is -0.489. The highest BCUT2D eigenvalue weighted by molar-refractivity contribution is 5.93. The number of fused-ring (bicyclic) bond motifs is 1. The van der Waals surface area contributed by atoms with E-state index in [2.05, 4.69) is 15.3 Å². The number of para-hydroxylation sites is 1. The van der Waals surface area contributed by atoms with Gasteiger partial charge in [-0.3, -0.25) is 24.3 Å². The van der Waals surface area contributed by atoms with E-state index in [0.29, 0.717) is 12.2 Å². The second kappa shape index (κ2) is 8.66. The largest absolute Gasteiger partial charge is 0.368 e. The number of nitrogens with one attached hydrogen (secondary N) is 2. The Bertz CT molecular complexity index is 1110. The van der Waals surface area contributed by atoms with Crippen LogP contribution >= 0.6 is 0 Å². The van der Waals surface area contributed by atoms with Gasteiger partial charge >= 0.3 is 0 Å². The van der Waals surface area contributed by atoms with Gasteiger partial charge in [-0.1, -0.05) is 18.2 Å². The van der Waals surface area contributed by atoms with E-state index in [4.69, 9.17) is 5.73 Å². The lowest BCUT2D eigenvalue weighted by atomic mass is 10.1. The summed E-state index contributed by atoms with van der Waals surface area (Å²) in [6.45, 7) is 2.27. The highest BCUT2D eigenvalue weighted by Gasteiger charge is 2.16. The highest BCUT2D eigenvalue weighted by Crippen LogP contribution is 2.12. The summed E-state index contributed by atoms with van der Waals surface area (Å²) in [5, 5.41) is 3.73. The first kappa shape index (κ1) is 20.2. The van der Waals surface area contributed by atoms with Crippen molar-refractivity contribution in [1.29, 1.82) is 0 Å². The molecule has 8 nitrogen and oxygen atoms in total. The number of benzene rings is 1. The molecular formula is C21H23N5O3. The lowest BCUT2D eigenvalue weighted by molar-refractivity contribution is -0.122. The quantitative estimate of drug-likeness (QED) is 0.556. The van der Waals surface area contributed by atoms with Gasteiger partial charge in [0.15, 0.2) is 0 Å². The minimum Gasteiger partial charge on any atom is -0.368 e. The molecule has 3 aromatic rings. The van der Waals surface area contributed by atoms with Crippen LogP contribution in [0, 0.1) is 0 Å². The lowest BCUT2D eigenvalue weighted by Gasteiger charge is -2.21. The van der Waals surface area contributed by atoms with E-state index < -0.39 is 23.4 Å². The standard InChI is InChI=1S/C21H23N5O3/c1-13(19(22)27)26(2)12-16-7-8-17(21(29)25-16)20(28)24-11-14-9-15-5-3-4-6-18(15)23-10-14/h3-10,13H,11-12H2,1-2H3,(H2,22,27)(H,24,28)(H,25,29)/t13-/m0/s1. The van der Waals surface area contributed by atoms with Crippen molar-refractivity contribution in [2.24, 2.45) is 5.73 Å². The number of likely N-dealkylation sites (N-methyl/N-ethyl adjacent to an activating group) is 1. The predicted octanol–water partition coefficient (Wildman–Crippen LogP) is 1.16. The molecule has 0 bridgehead atoms. The zero-order valence-corrected chi connectivity index (χ0v) is 16.3. The smallest absolute Gasteiger partial charge is 0.261 e. The molecule has 8 heteroatoms. The van der Waals surface area contributed by atoms with Crippen LogP contribution in [-0.4, -0.2) is 39.8 Å². The van der Waals surface area contributed by atoms with E-state index in [1.807, 2.05) is 30.3 Å². The molecule has 3 rings (SSSR count). The number of hydrogen-bond acceptors (Lipinski definition) is 5. The number of amides is 2. The van der Waals surface area contributed by atoms with E-state index in [0.717, 1.165) is 16.5 Å². The second-order valence-corrected chi connectivity index (χ2v) is 6.94. The first-order valence-corrected chi connectivity index (χ1v) is 9.19. The number of pyridine rings is 2. The van der Waals surface area contributed by atoms with Gasteiger partial charge in [0.25, 0.3) is 11.5 Å². The van der Waals surface area contributed by atoms with E-state index in [1.54, 1.807) is 31.1 Å². The van der Waals surface area contributed by atoms with Gasteiger partial charge in [0.2, 0.25) is 5.91 Å². The third-order valence-corrected chi connectivity index (χ3v) is 4.81. The minimum absolute atomic E-state index is 0.0214. The first-order valence-electron chi connectivity index (χ1n) is 9.19. The molecule has 0 unspecified atom stereocenters. The highest BCUT2D eigenvalue weighted by atomic mass is 16.2. The third kappa shape index (κ3) is 4.85. The van der Waals surface area contributed by atoms with Crippen molar-refractivity contribution in [3.63, 3.8) is 0 Å². The van der Waals surface area contributed by atoms with Gasteiger partial charge in [0.1, 0.15) is 5.56 Å². The fraction of sp³-hybridized carbons (Fsp3) is 0.238. The molecule has 1 atom stereocenters. The predicted molar refractivity (Wildman–Crippen MR) is 110 cm³/mol. The Kier molecular flexibility index (Phi) is 6.04. The summed E-state index contributed by atoms with van der Waals surface area (Å²) >= 11 is 0. The van der Waals surface area contributed by atoms with Gasteiger partial charge in [0, 0.05) is 30.4 Å². The third-order valence-electron chi connectivity index (χ3n) is 4.81. The monoisotopic (exact) mass is 393 g/mol. The molecule has 0 radical (unpaired) electrons. The van der Waals surface area contributed by atoms with Crippen molar-refractivity contribution in [1.82, 2.24) is 20.2 Å². The van der Waals surface area contributed by atoms with Crippen molar-refractivity contribution in [3.05, 3.63) is 75.8 Å². The number of rotatable bonds is 7. The molecule has 4 N–H and O–H groups in total. The number of nitrogens with zero attached hydrogens (tertiary/aromatic N) is 2. The Balaban J connectivity index is 1.66. The molecule has 29 heavy (non-hydrogen) atoms. The molecule has 1 aromatic carbocycles. The van der Waals surface area contributed by atoms with E-state index in [9.17, 15) is 14.4 Å². The van der Waals surface area contributed by atoms with Crippen LogP contribution in [0.1, 0.15) is 28.5 Å². The van der Waals surface area contributed by atoms with Crippen molar-refractivity contribution < 1.29 is 9.59 Å². The van der Waals surface area contributed by atoms with Gasteiger partial charge < -0.3 is 16.0 Å². The molecule has 150 valence electrons. The van der Waals surface area contributed by atoms with Gasteiger partial charge in [0.05, 0.1) is 11.6 Å². The summed E-state index contributed by atoms with van der Waals surface area (Å²) in [7, 11) is 1.73. The van der Waals surface area contributed by atoms with Gasteiger partial charge in [-0.05, 0) is 43.8 Å². The Labute approximate surface area is 167 Å². The molecule has 0 saturated heterocycles. The van der Waals surface area contributed by atoms with Crippen molar-refractivity contribution in [2.45, 2.75) is 26.1 Å². The Morgan fingerprint density at radius 3 is 2.72 bits per heavy atom. The number of carbonyl (C=O) groups is 2. The van der Waals surface area contributed by atoms with Crippen LogP contribution in [-0.2, 0) is 17.9 Å². The van der Waals surface area contributed by atoms with Crippen LogP contribution in [0.5, 0.6) is 0 Å². The maximum absolute atomic E-state index is 12.4. The maximum Gasteiger partial charge on any atom is 0.261 e. The van der Waals surface area contributed by atoms with Crippen LogP contribution in [0.4, 0.5) is 0 Å². The summed E-state index contributed by atoms with van der Waals surface area (Å²) in [6, 6.07) is 12.3. The summed E-state index contributed by atoms with van der Waals surface area (Å²) in [4.78, 5) is 44.7. The van der Waals surface area contributed by atoms with Crippen molar-refractivity contribution >= 4 is 22.7 Å². The molecule has 0 saturated carbocycles. The zero-order valence-electron chi connectivity index (χ0n) is 16.3. The fourth-order valence-electron chi connectivity index (χ4n) is 2.90. The van der Waals surface area contributed by atoms with E-state index in [-0.39, 0.29) is 12.1 Å². The molecule has 2 amide bonds. The van der Waals surface area contributed by atoms with E-state index in [1.165, 1.54) is 6.07 Å². The SMILES string of the molecule is C[C@@H](C(N)=O)N(C)Cc1ccc(C(=O)NCc2cnc3ccccc3c2)c(=O)[nH]1. The zero-order chi connectivity index (χ0) is 21.0. The number of aromatic nitrogens is 2. The Morgan fingerprint density at radius 2 is 2.00 bits per heavy atom. The molecule has 2 heterocycles. The number of carbonyl (C=O) groups excluding carboxylic acids is 2. The molecular weight excluding hydrogens is 370 g/mol. The number of nitrogens with two attached hydrogens (primary N) is 1. The Morgan fingerprint density at radius 1 is 1.24 bits per heavy atom. The second-order valence-electron chi connectivity index (χ2n) is 6.94.